The average molecular weight is 278 g/mol. The molecule has 5 heteroatoms. The molecule has 2 rings (SSSR count). The van der Waals surface area contributed by atoms with Gasteiger partial charge >= 0.3 is 0 Å². The molecule has 1 heterocycles. The normalized spacial score (nSPS) is 10.3. The molecular formula is C14H16ClN3O. The van der Waals surface area contributed by atoms with Crippen LogP contribution in [0.25, 0.3) is 0 Å². The third-order valence-electron chi connectivity index (χ3n) is 2.45. The maximum atomic E-state index is 5.93. The fraction of sp³-hybridized carbons (Fsp3) is 0.286. The lowest BCUT2D eigenvalue weighted by atomic mass is 10.2. The third-order valence-corrected chi connectivity index (χ3v) is 2.68. The average Bonchev–Trinajstić information content (AvgIpc) is 2.36. The van der Waals surface area contributed by atoms with E-state index in [1.165, 1.54) is 0 Å². The van der Waals surface area contributed by atoms with Gasteiger partial charge in [0, 0.05) is 17.6 Å². The van der Waals surface area contributed by atoms with Crippen molar-refractivity contribution in [2.24, 2.45) is 0 Å². The van der Waals surface area contributed by atoms with Crippen molar-refractivity contribution < 1.29 is 4.74 Å². The van der Waals surface area contributed by atoms with Crippen LogP contribution in [0.2, 0.25) is 5.02 Å². The Kier molecular flexibility index (Phi) is 4.58. The van der Waals surface area contributed by atoms with E-state index < -0.39 is 0 Å². The molecule has 1 aromatic carbocycles. The Morgan fingerprint density at radius 1 is 1.26 bits per heavy atom. The molecule has 0 unspecified atom stereocenters. The zero-order valence-electron chi connectivity index (χ0n) is 11.0. The van der Waals surface area contributed by atoms with Gasteiger partial charge in [0.1, 0.15) is 18.2 Å². The molecule has 19 heavy (non-hydrogen) atoms. The molecule has 2 aromatic rings. The number of ether oxygens (including phenoxy) is 1. The summed E-state index contributed by atoms with van der Waals surface area (Å²) in [6.07, 6.45) is 0. The quantitative estimate of drug-likeness (QED) is 0.909. The Hall–Kier alpha value is -1.81. The fourth-order valence-electron chi connectivity index (χ4n) is 1.67. The maximum Gasteiger partial charge on any atom is 0.219 e. The summed E-state index contributed by atoms with van der Waals surface area (Å²) in [6.45, 7) is 5.10. The minimum atomic E-state index is 0.433. The van der Waals surface area contributed by atoms with Crippen molar-refractivity contribution in [3.05, 3.63) is 46.7 Å². The van der Waals surface area contributed by atoms with Crippen molar-refractivity contribution in [3.63, 3.8) is 0 Å². The minimum absolute atomic E-state index is 0.433. The molecule has 100 valence electrons. The number of hydrogen-bond donors (Lipinski definition) is 1. The number of halogens is 1. The molecule has 0 bridgehead atoms. The topological polar surface area (TPSA) is 47.0 Å². The standard InChI is InChI=1S/C14H16ClN3O/c1-3-16-13-8-14(18-10(2)17-13)19-9-11-5-4-6-12(15)7-11/h4-8H,3,9H2,1-2H3,(H,16,17,18). The van der Waals surface area contributed by atoms with Gasteiger partial charge in [-0.05, 0) is 31.5 Å². The van der Waals surface area contributed by atoms with Gasteiger partial charge in [-0.2, -0.15) is 4.98 Å². The lowest BCUT2D eigenvalue weighted by molar-refractivity contribution is 0.293. The van der Waals surface area contributed by atoms with E-state index in [9.17, 15) is 0 Å². The van der Waals surface area contributed by atoms with Crippen LogP contribution in [-0.2, 0) is 6.61 Å². The van der Waals surface area contributed by atoms with Crippen LogP contribution in [0.3, 0.4) is 0 Å². The van der Waals surface area contributed by atoms with Gasteiger partial charge in [0.2, 0.25) is 5.88 Å². The zero-order valence-corrected chi connectivity index (χ0v) is 11.7. The summed E-state index contributed by atoms with van der Waals surface area (Å²) in [7, 11) is 0. The molecule has 0 saturated heterocycles. The van der Waals surface area contributed by atoms with Gasteiger partial charge in [0.05, 0.1) is 0 Å². The van der Waals surface area contributed by atoms with Gasteiger partial charge in [-0.25, -0.2) is 4.98 Å². The smallest absolute Gasteiger partial charge is 0.219 e. The molecule has 0 atom stereocenters. The minimum Gasteiger partial charge on any atom is -0.473 e. The van der Waals surface area contributed by atoms with Crippen molar-refractivity contribution in [2.45, 2.75) is 20.5 Å². The van der Waals surface area contributed by atoms with Crippen LogP contribution < -0.4 is 10.1 Å². The van der Waals surface area contributed by atoms with E-state index in [1.807, 2.05) is 38.1 Å². The summed E-state index contributed by atoms with van der Waals surface area (Å²) in [4.78, 5) is 8.52. The van der Waals surface area contributed by atoms with Crippen LogP contribution >= 0.6 is 11.6 Å². The monoisotopic (exact) mass is 277 g/mol. The number of benzene rings is 1. The highest BCUT2D eigenvalue weighted by Gasteiger charge is 2.03. The predicted octanol–water partition coefficient (Wildman–Crippen LogP) is 3.45. The van der Waals surface area contributed by atoms with E-state index in [-0.39, 0.29) is 0 Å². The van der Waals surface area contributed by atoms with Crippen molar-refractivity contribution in [1.82, 2.24) is 9.97 Å². The number of aryl methyl sites for hydroxylation is 1. The summed E-state index contributed by atoms with van der Waals surface area (Å²) in [5, 5.41) is 3.85. The lowest BCUT2D eigenvalue weighted by Crippen LogP contribution is -2.04. The van der Waals surface area contributed by atoms with Crippen LogP contribution in [-0.4, -0.2) is 16.5 Å². The number of nitrogens with zero attached hydrogens (tertiary/aromatic N) is 2. The highest BCUT2D eigenvalue weighted by molar-refractivity contribution is 6.30. The second-order valence-corrected chi connectivity index (χ2v) is 4.52. The second-order valence-electron chi connectivity index (χ2n) is 4.09. The first-order valence-electron chi connectivity index (χ1n) is 6.14. The van der Waals surface area contributed by atoms with Gasteiger partial charge in [0.15, 0.2) is 0 Å². The molecule has 4 nitrogen and oxygen atoms in total. The first-order chi connectivity index (χ1) is 9.17. The van der Waals surface area contributed by atoms with Gasteiger partial charge in [-0.3, -0.25) is 0 Å². The lowest BCUT2D eigenvalue weighted by Gasteiger charge is -2.09. The third kappa shape index (κ3) is 4.10. The number of nitrogens with one attached hydrogen (secondary N) is 1. The Balaban J connectivity index is 2.06. The summed E-state index contributed by atoms with van der Waals surface area (Å²) < 4.78 is 5.67. The molecule has 0 amide bonds. The molecule has 0 aliphatic carbocycles. The number of anilines is 1. The molecule has 0 radical (unpaired) electrons. The highest BCUT2D eigenvalue weighted by atomic mass is 35.5. The Morgan fingerprint density at radius 3 is 2.84 bits per heavy atom. The van der Waals surface area contributed by atoms with Crippen LogP contribution in [0.5, 0.6) is 5.88 Å². The maximum absolute atomic E-state index is 5.93. The molecule has 0 spiro atoms. The van der Waals surface area contributed by atoms with Crippen LogP contribution in [0, 0.1) is 6.92 Å². The van der Waals surface area contributed by atoms with Crippen LogP contribution in [0.15, 0.2) is 30.3 Å². The Labute approximate surface area is 117 Å². The van der Waals surface area contributed by atoms with E-state index >= 15 is 0 Å². The Bertz CT molecular complexity index is 560. The van der Waals surface area contributed by atoms with Crippen molar-refractivity contribution >= 4 is 17.4 Å². The van der Waals surface area contributed by atoms with Crippen molar-refractivity contribution in [2.75, 3.05) is 11.9 Å². The first kappa shape index (κ1) is 13.6. The van der Waals surface area contributed by atoms with E-state index in [2.05, 4.69) is 15.3 Å². The van der Waals surface area contributed by atoms with Gasteiger partial charge < -0.3 is 10.1 Å². The molecule has 0 fully saturated rings. The van der Waals surface area contributed by atoms with Gasteiger partial charge in [-0.1, -0.05) is 23.7 Å². The van der Waals surface area contributed by atoms with E-state index in [4.69, 9.17) is 16.3 Å². The van der Waals surface area contributed by atoms with Crippen LogP contribution in [0.4, 0.5) is 5.82 Å². The van der Waals surface area contributed by atoms with E-state index in [0.29, 0.717) is 23.3 Å². The predicted molar refractivity (Wildman–Crippen MR) is 76.7 cm³/mol. The summed E-state index contributed by atoms with van der Waals surface area (Å²) >= 11 is 5.93. The molecule has 1 aromatic heterocycles. The molecule has 0 aliphatic rings. The summed E-state index contributed by atoms with van der Waals surface area (Å²) in [5.74, 6) is 2.01. The largest absolute Gasteiger partial charge is 0.473 e. The zero-order chi connectivity index (χ0) is 13.7. The van der Waals surface area contributed by atoms with Gasteiger partial charge in [0.25, 0.3) is 0 Å². The molecule has 1 N–H and O–H groups in total. The summed E-state index contributed by atoms with van der Waals surface area (Å²) in [5.41, 5.74) is 1.01. The SMILES string of the molecule is CCNc1cc(OCc2cccc(Cl)c2)nc(C)n1. The number of aromatic nitrogens is 2. The molecular weight excluding hydrogens is 262 g/mol. The first-order valence-corrected chi connectivity index (χ1v) is 6.52. The number of hydrogen-bond acceptors (Lipinski definition) is 4. The number of rotatable bonds is 5. The molecule has 0 aliphatic heterocycles. The van der Waals surface area contributed by atoms with E-state index in [1.54, 1.807) is 6.07 Å². The second kappa shape index (κ2) is 6.38. The Morgan fingerprint density at radius 2 is 2.11 bits per heavy atom. The van der Waals surface area contributed by atoms with Crippen LogP contribution in [0.1, 0.15) is 18.3 Å². The van der Waals surface area contributed by atoms with Gasteiger partial charge in [-0.15, -0.1) is 0 Å². The highest BCUT2D eigenvalue weighted by Crippen LogP contribution is 2.16. The van der Waals surface area contributed by atoms with Crippen molar-refractivity contribution in [1.29, 1.82) is 0 Å². The fourth-order valence-corrected chi connectivity index (χ4v) is 1.88. The molecule has 0 saturated carbocycles. The van der Waals surface area contributed by atoms with Crippen molar-refractivity contribution in [3.8, 4) is 5.88 Å². The summed E-state index contributed by atoms with van der Waals surface area (Å²) in [6, 6.07) is 9.37. The van der Waals surface area contributed by atoms with E-state index in [0.717, 1.165) is 17.9 Å².